The Hall–Kier alpha value is -3.13. The average molecular weight is 352 g/mol. The van der Waals surface area contributed by atoms with Crippen LogP contribution in [0.2, 0.25) is 0 Å². The molecule has 132 valence electrons. The third-order valence-electron chi connectivity index (χ3n) is 5.66. The van der Waals surface area contributed by atoms with E-state index in [2.05, 4.69) is 86.3 Å². The summed E-state index contributed by atoms with van der Waals surface area (Å²) in [5.41, 5.74) is 6.88. The van der Waals surface area contributed by atoms with Gasteiger partial charge in [0.15, 0.2) is 6.20 Å². The molecule has 2 aromatic heterocycles. The molecule has 0 N–H and O–H groups in total. The van der Waals surface area contributed by atoms with E-state index in [0.717, 1.165) is 17.6 Å². The fraction of sp³-hybridized carbons (Fsp3) is 0.160. The maximum Gasteiger partial charge on any atom is 0.216 e. The van der Waals surface area contributed by atoms with Crippen LogP contribution in [0.3, 0.4) is 0 Å². The van der Waals surface area contributed by atoms with Crippen molar-refractivity contribution < 1.29 is 8.98 Å². The Morgan fingerprint density at radius 2 is 1.56 bits per heavy atom. The van der Waals surface area contributed by atoms with E-state index in [9.17, 15) is 0 Å². The smallest absolute Gasteiger partial charge is 0.216 e. The number of hydrogen-bond donors (Lipinski definition) is 0. The molecule has 5 rings (SSSR count). The van der Waals surface area contributed by atoms with Crippen molar-refractivity contribution in [1.82, 2.24) is 0 Å². The summed E-state index contributed by atoms with van der Waals surface area (Å²) >= 11 is 0. The maximum absolute atomic E-state index is 6.43. The van der Waals surface area contributed by atoms with Gasteiger partial charge in [-0.25, -0.2) is 4.57 Å². The minimum absolute atomic E-state index is 0.942. The van der Waals surface area contributed by atoms with Gasteiger partial charge in [0, 0.05) is 22.4 Å². The summed E-state index contributed by atoms with van der Waals surface area (Å²) in [7, 11) is 2.12. The quantitative estimate of drug-likeness (QED) is 0.351. The molecule has 0 fully saturated rings. The van der Waals surface area contributed by atoms with Gasteiger partial charge in [0.1, 0.15) is 18.2 Å². The zero-order valence-corrected chi connectivity index (χ0v) is 15.9. The van der Waals surface area contributed by atoms with Crippen molar-refractivity contribution in [3.05, 3.63) is 78.0 Å². The number of hydrogen-bond acceptors (Lipinski definition) is 1. The Bertz CT molecular complexity index is 1330. The molecule has 0 aliphatic carbocycles. The highest BCUT2D eigenvalue weighted by Crippen LogP contribution is 2.42. The fourth-order valence-corrected chi connectivity index (χ4v) is 4.26. The predicted octanol–water partition coefficient (Wildman–Crippen LogP) is 6.10. The van der Waals surface area contributed by atoms with Gasteiger partial charge in [-0.05, 0) is 41.8 Å². The number of aryl methyl sites for hydroxylation is 3. The molecule has 0 bridgehead atoms. The first kappa shape index (κ1) is 16.1. The van der Waals surface area contributed by atoms with Crippen molar-refractivity contribution in [2.75, 3.05) is 0 Å². The molecule has 2 heterocycles. The van der Waals surface area contributed by atoms with Gasteiger partial charge < -0.3 is 4.42 Å². The predicted molar refractivity (Wildman–Crippen MR) is 112 cm³/mol. The summed E-state index contributed by atoms with van der Waals surface area (Å²) in [5, 5.41) is 4.93. The lowest BCUT2D eigenvalue weighted by atomic mass is 9.93. The van der Waals surface area contributed by atoms with E-state index in [1.165, 1.54) is 43.9 Å². The maximum atomic E-state index is 6.43. The molecule has 0 saturated carbocycles. The van der Waals surface area contributed by atoms with Crippen molar-refractivity contribution in [2.45, 2.75) is 20.3 Å². The minimum Gasteiger partial charge on any atom is -0.455 e. The lowest BCUT2D eigenvalue weighted by Crippen LogP contribution is -2.31. The van der Waals surface area contributed by atoms with Gasteiger partial charge in [-0.3, -0.25) is 0 Å². The molecule has 2 heteroatoms. The van der Waals surface area contributed by atoms with E-state index >= 15 is 0 Å². The van der Waals surface area contributed by atoms with Crippen LogP contribution in [0.4, 0.5) is 0 Å². The van der Waals surface area contributed by atoms with Crippen LogP contribution < -0.4 is 4.57 Å². The number of nitrogens with zero attached hydrogens (tertiary/aromatic N) is 1. The summed E-state index contributed by atoms with van der Waals surface area (Å²) in [4.78, 5) is 0. The van der Waals surface area contributed by atoms with Crippen LogP contribution in [-0.4, -0.2) is 0 Å². The molecular weight excluding hydrogens is 330 g/mol. The molecular formula is C25H22NO+. The van der Waals surface area contributed by atoms with Gasteiger partial charge in [-0.15, -0.1) is 0 Å². The highest BCUT2D eigenvalue weighted by atomic mass is 16.3. The van der Waals surface area contributed by atoms with Crippen LogP contribution in [0.1, 0.15) is 18.1 Å². The van der Waals surface area contributed by atoms with Crippen molar-refractivity contribution in [3.8, 4) is 11.3 Å². The van der Waals surface area contributed by atoms with E-state index < -0.39 is 0 Å². The lowest BCUT2D eigenvalue weighted by Gasteiger charge is -2.11. The number of fused-ring (bicyclic) bond motifs is 5. The largest absolute Gasteiger partial charge is 0.455 e. The van der Waals surface area contributed by atoms with Gasteiger partial charge >= 0.3 is 0 Å². The van der Waals surface area contributed by atoms with Crippen molar-refractivity contribution in [1.29, 1.82) is 0 Å². The van der Waals surface area contributed by atoms with E-state index in [-0.39, 0.29) is 0 Å². The highest BCUT2D eigenvalue weighted by Gasteiger charge is 2.23. The minimum atomic E-state index is 0.942. The van der Waals surface area contributed by atoms with Gasteiger partial charge in [0.05, 0.1) is 5.56 Å². The summed E-state index contributed by atoms with van der Waals surface area (Å²) in [6.45, 7) is 4.39. The first-order valence-corrected chi connectivity index (χ1v) is 9.50. The Morgan fingerprint density at radius 3 is 2.30 bits per heavy atom. The standard InChI is InChI=1S/C25H22NO/c1-4-17-13-14-21(26(3)15-17)23-16(2)18-9-5-6-10-19(18)24-20-11-7-8-12-22(20)27-25(23)24/h5-15H,4H2,1-3H3/q+1. The Kier molecular flexibility index (Phi) is 3.54. The molecule has 0 aliphatic heterocycles. The summed E-state index contributed by atoms with van der Waals surface area (Å²) < 4.78 is 8.65. The number of pyridine rings is 1. The second kappa shape index (κ2) is 5.95. The Balaban J connectivity index is 2.01. The van der Waals surface area contributed by atoms with E-state index in [0.29, 0.717) is 0 Å². The normalized spacial score (nSPS) is 11.7. The second-order valence-corrected chi connectivity index (χ2v) is 7.23. The molecule has 27 heavy (non-hydrogen) atoms. The van der Waals surface area contributed by atoms with Crippen molar-refractivity contribution in [3.63, 3.8) is 0 Å². The first-order chi connectivity index (χ1) is 13.2. The van der Waals surface area contributed by atoms with Crippen molar-refractivity contribution in [2.24, 2.45) is 7.05 Å². The zero-order chi connectivity index (χ0) is 18.5. The molecule has 0 amide bonds. The van der Waals surface area contributed by atoms with Gasteiger partial charge in [0.25, 0.3) is 0 Å². The molecule has 5 aromatic rings. The van der Waals surface area contributed by atoms with Crippen molar-refractivity contribution >= 4 is 32.7 Å². The van der Waals surface area contributed by atoms with Crippen LogP contribution in [-0.2, 0) is 13.5 Å². The Morgan fingerprint density at radius 1 is 0.852 bits per heavy atom. The molecule has 3 aromatic carbocycles. The van der Waals surface area contributed by atoms with Crippen LogP contribution in [0.15, 0.2) is 71.3 Å². The second-order valence-electron chi connectivity index (χ2n) is 7.23. The number of para-hydroxylation sites is 1. The lowest BCUT2D eigenvalue weighted by molar-refractivity contribution is -0.660. The van der Waals surface area contributed by atoms with Gasteiger partial charge in [-0.1, -0.05) is 49.4 Å². The topological polar surface area (TPSA) is 17.0 Å². The molecule has 0 atom stereocenters. The third-order valence-corrected chi connectivity index (χ3v) is 5.66. The van der Waals surface area contributed by atoms with Crippen LogP contribution in [0, 0.1) is 6.92 Å². The zero-order valence-electron chi connectivity index (χ0n) is 15.9. The number of aromatic nitrogens is 1. The SMILES string of the molecule is CCc1ccc(-c2c(C)c3ccccc3c3c2oc2ccccc23)[n+](C)c1. The number of benzene rings is 3. The first-order valence-electron chi connectivity index (χ1n) is 9.50. The molecule has 0 saturated heterocycles. The molecule has 2 nitrogen and oxygen atoms in total. The van der Waals surface area contributed by atoms with Gasteiger partial charge in [-0.2, -0.15) is 0 Å². The molecule has 0 aliphatic rings. The van der Waals surface area contributed by atoms with E-state index in [1.807, 2.05) is 6.07 Å². The molecule has 0 spiro atoms. The molecule has 0 unspecified atom stereocenters. The van der Waals surface area contributed by atoms with Crippen LogP contribution in [0.25, 0.3) is 44.0 Å². The van der Waals surface area contributed by atoms with E-state index in [4.69, 9.17) is 4.42 Å². The fourth-order valence-electron chi connectivity index (χ4n) is 4.26. The summed E-state index contributed by atoms with van der Waals surface area (Å²) in [6, 6.07) is 21.4. The van der Waals surface area contributed by atoms with Gasteiger partial charge in [0.2, 0.25) is 5.69 Å². The summed E-state index contributed by atoms with van der Waals surface area (Å²) in [5.74, 6) is 0. The summed E-state index contributed by atoms with van der Waals surface area (Å²) in [6.07, 6.45) is 3.25. The van der Waals surface area contributed by atoms with E-state index in [1.54, 1.807) is 0 Å². The average Bonchev–Trinajstić information content (AvgIpc) is 3.08. The highest BCUT2D eigenvalue weighted by molar-refractivity contribution is 6.23. The Labute approximate surface area is 158 Å². The third kappa shape index (κ3) is 2.30. The number of furan rings is 1. The van der Waals surface area contributed by atoms with Crippen LogP contribution in [0.5, 0.6) is 0 Å². The number of rotatable bonds is 2. The van der Waals surface area contributed by atoms with Crippen LogP contribution >= 0.6 is 0 Å². The monoisotopic (exact) mass is 352 g/mol. The molecule has 0 radical (unpaired) electrons.